The number of amides is 4. The molecule has 2 heterocycles. The largest absolute Gasteiger partial charge is 0.463 e. The Morgan fingerprint density at radius 1 is 1.03 bits per heavy atom. The normalized spacial score (nSPS) is 16.1. The number of urea groups is 1. The quantitative estimate of drug-likeness (QED) is 0.504. The molecule has 8 heteroatoms. The molecule has 1 aromatic heterocycles. The lowest BCUT2D eigenvalue weighted by Crippen LogP contribution is -2.87. The number of nitrogens with zero attached hydrogens (tertiary/aromatic N) is 1. The van der Waals surface area contributed by atoms with Crippen molar-refractivity contribution in [1.29, 1.82) is 0 Å². The maximum absolute atomic E-state index is 13.5. The van der Waals surface area contributed by atoms with Crippen LogP contribution in [0.25, 0.3) is 0 Å². The van der Waals surface area contributed by atoms with Gasteiger partial charge in [0.1, 0.15) is 6.04 Å². The van der Waals surface area contributed by atoms with E-state index in [1.54, 1.807) is 66.2 Å². The lowest BCUT2D eigenvalue weighted by Gasteiger charge is -2.27. The van der Waals surface area contributed by atoms with Crippen LogP contribution < -0.4 is 16.1 Å². The zero-order valence-electron chi connectivity index (χ0n) is 16.9. The number of quaternary nitrogens is 1. The van der Waals surface area contributed by atoms with Crippen LogP contribution in [0.2, 0.25) is 0 Å². The van der Waals surface area contributed by atoms with Crippen molar-refractivity contribution in [2.75, 3.05) is 6.54 Å². The van der Waals surface area contributed by atoms with Gasteiger partial charge in [0.2, 0.25) is 0 Å². The summed E-state index contributed by atoms with van der Waals surface area (Å²) >= 11 is 0. The molecule has 4 rings (SSSR count). The van der Waals surface area contributed by atoms with Crippen molar-refractivity contribution in [3.05, 3.63) is 95.9 Å². The number of furan rings is 1. The summed E-state index contributed by atoms with van der Waals surface area (Å²) in [6.07, 6.45) is 1.57. The highest BCUT2D eigenvalue weighted by atomic mass is 16.3. The second-order valence-electron chi connectivity index (χ2n) is 7.33. The van der Waals surface area contributed by atoms with Crippen LogP contribution in [-0.4, -0.2) is 29.4 Å². The van der Waals surface area contributed by atoms with Gasteiger partial charge in [-0.15, -0.1) is 0 Å². The molecule has 0 spiro atoms. The smallest absolute Gasteiger partial charge is 0.344 e. The third-order valence-electron chi connectivity index (χ3n) is 5.32. The van der Waals surface area contributed by atoms with E-state index in [4.69, 9.17) is 4.42 Å². The summed E-state index contributed by atoms with van der Waals surface area (Å²) in [5, 5.41) is 5.31. The predicted octanol–water partition coefficient (Wildman–Crippen LogP) is 1.43. The molecule has 1 saturated heterocycles. The van der Waals surface area contributed by atoms with Crippen LogP contribution in [0.1, 0.15) is 29.9 Å². The Morgan fingerprint density at radius 2 is 1.65 bits per heavy atom. The Balaban J connectivity index is 1.54. The molecule has 1 aliphatic rings. The first-order chi connectivity index (χ1) is 15.0. The first kappa shape index (κ1) is 20.4. The molecule has 0 aliphatic carbocycles. The van der Waals surface area contributed by atoms with Crippen LogP contribution in [-0.2, 0) is 15.1 Å². The van der Waals surface area contributed by atoms with E-state index in [9.17, 15) is 14.4 Å². The second-order valence-corrected chi connectivity index (χ2v) is 7.33. The number of rotatable bonds is 7. The molecule has 1 atom stereocenters. The second kappa shape index (κ2) is 8.45. The maximum atomic E-state index is 13.5. The van der Waals surface area contributed by atoms with Gasteiger partial charge in [-0.05, 0) is 30.2 Å². The number of hydrazine groups is 1. The van der Waals surface area contributed by atoms with Gasteiger partial charge in [0.25, 0.3) is 11.8 Å². The molecule has 3 aromatic rings. The van der Waals surface area contributed by atoms with Crippen LogP contribution >= 0.6 is 0 Å². The van der Waals surface area contributed by atoms with Crippen LogP contribution in [0.4, 0.5) is 4.79 Å². The number of benzene rings is 2. The SMILES string of the molecule is C[C@@H]([NH2+]CC(=O)NN1C(=O)NC(c2ccccc2)(c2ccccc2)C1=O)c1ccco1. The fraction of sp³-hybridized carbons (Fsp3) is 0.174. The number of hydrogen-bond acceptors (Lipinski definition) is 4. The predicted molar refractivity (Wildman–Crippen MR) is 111 cm³/mol. The zero-order valence-corrected chi connectivity index (χ0v) is 16.9. The van der Waals surface area contributed by atoms with Crippen molar-refractivity contribution in [2.45, 2.75) is 18.5 Å². The average molecular weight is 419 g/mol. The summed E-state index contributed by atoms with van der Waals surface area (Å²) in [4.78, 5) is 38.8. The molecule has 2 aromatic carbocycles. The highest BCUT2D eigenvalue weighted by Gasteiger charge is 2.54. The molecule has 0 radical (unpaired) electrons. The first-order valence-electron chi connectivity index (χ1n) is 9.96. The summed E-state index contributed by atoms with van der Waals surface area (Å²) < 4.78 is 5.33. The number of nitrogens with two attached hydrogens (primary N) is 1. The highest BCUT2D eigenvalue weighted by molar-refractivity contribution is 6.10. The van der Waals surface area contributed by atoms with Gasteiger partial charge in [-0.2, -0.15) is 5.01 Å². The number of carbonyl (C=O) groups is 3. The summed E-state index contributed by atoms with van der Waals surface area (Å²) in [7, 11) is 0. The van der Waals surface area contributed by atoms with E-state index in [1.165, 1.54) is 0 Å². The molecule has 0 unspecified atom stereocenters. The number of carbonyl (C=O) groups excluding carboxylic acids is 3. The topological polar surface area (TPSA) is 108 Å². The number of hydrogen-bond donors (Lipinski definition) is 3. The van der Waals surface area contributed by atoms with E-state index in [1.807, 2.05) is 25.1 Å². The number of imide groups is 1. The van der Waals surface area contributed by atoms with Gasteiger partial charge in [0, 0.05) is 0 Å². The van der Waals surface area contributed by atoms with Gasteiger partial charge in [0.05, 0.1) is 6.26 Å². The Morgan fingerprint density at radius 3 is 2.19 bits per heavy atom. The van der Waals surface area contributed by atoms with Gasteiger partial charge < -0.3 is 15.1 Å². The summed E-state index contributed by atoms with van der Waals surface area (Å²) in [6, 6.07) is 20.8. The molecule has 0 saturated carbocycles. The summed E-state index contributed by atoms with van der Waals surface area (Å²) in [6.45, 7) is 1.91. The summed E-state index contributed by atoms with van der Waals surface area (Å²) in [5.74, 6) is -0.309. The van der Waals surface area contributed by atoms with Crippen molar-refractivity contribution < 1.29 is 24.1 Å². The molecular formula is C23H23N4O4+. The average Bonchev–Trinajstić information content (AvgIpc) is 3.42. The van der Waals surface area contributed by atoms with Crippen molar-refractivity contribution >= 4 is 17.8 Å². The van der Waals surface area contributed by atoms with Gasteiger partial charge >= 0.3 is 6.03 Å². The van der Waals surface area contributed by atoms with Crippen molar-refractivity contribution in [3.8, 4) is 0 Å². The minimum atomic E-state index is -1.42. The lowest BCUT2D eigenvalue weighted by atomic mass is 9.83. The monoisotopic (exact) mass is 419 g/mol. The summed E-state index contributed by atoms with van der Waals surface area (Å²) in [5.41, 5.74) is 2.24. The minimum absolute atomic E-state index is 0.0165. The molecule has 31 heavy (non-hydrogen) atoms. The maximum Gasteiger partial charge on any atom is 0.344 e. The molecule has 1 fully saturated rings. The van der Waals surface area contributed by atoms with Gasteiger partial charge in [-0.25, -0.2) is 4.79 Å². The number of nitrogens with one attached hydrogen (secondary N) is 2. The lowest BCUT2D eigenvalue weighted by molar-refractivity contribution is -0.684. The van der Waals surface area contributed by atoms with Crippen molar-refractivity contribution in [2.24, 2.45) is 0 Å². The van der Waals surface area contributed by atoms with Gasteiger partial charge in [-0.3, -0.25) is 15.0 Å². The Hall–Kier alpha value is -3.91. The van der Waals surface area contributed by atoms with Crippen LogP contribution in [0.3, 0.4) is 0 Å². The molecule has 158 valence electrons. The van der Waals surface area contributed by atoms with E-state index >= 15 is 0 Å². The molecule has 4 N–H and O–H groups in total. The Kier molecular flexibility index (Phi) is 5.55. The third kappa shape index (κ3) is 3.80. The first-order valence-corrected chi connectivity index (χ1v) is 9.96. The standard InChI is InChI=1S/C23H22N4O4/c1-16(19-13-8-14-31-19)24-15-20(28)26-27-21(29)23(25-22(27)30,17-9-4-2-5-10-17)18-11-6-3-7-12-18/h2-14,16,24H,15H2,1H3,(H,25,30)(H,26,28)/p+1/t16-/m1/s1. The van der Waals surface area contributed by atoms with Crippen LogP contribution in [0.5, 0.6) is 0 Å². The van der Waals surface area contributed by atoms with E-state index < -0.39 is 23.4 Å². The molecule has 1 aliphatic heterocycles. The van der Waals surface area contributed by atoms with E-state index in [0.29, 0.717) is 11.1 Å². The van der Waals surface area contributed by atoms with E-state index in [0.717, 1.165) is 10.8 Å². The fourth-order valence-corrected chi connectivity index (χ4v) is 3.69. The Bertz CT molecular complexity index is 1030. The van der Waals surface area contributed by atoms with E-state index in [-0.39, 0.29) is 12.6 Å². The third-order valence-corrected chi connectivity index (χ3v) is 5.32. The van der Waals surface area contributed by atoms with Gasteiger partial charge in [-0.1, -0.05) is 60.7 Å². The van der Waals surface area contributed by atoms with E-state index in [2.05, 4.69) is 10.7 Å². The van der Waals surface area contributed by atoms with Crippen molar-refractivity contribution in [1.82, 2.24) is 15.8 Å². The highest BCUT2D eigenvalue weighted by Crippen LogP contribution is 2.35. The van der Waals surface area contributed by atoms with Crippen LogP contribution in [0, 0.1) is 0 Å². The fourth-order valence-electron chi connectivity index (χ4n) is 3.69. The molecule has 4 amide bonds. The molecular weight excluding hydrogens is 396 g/mol. The Labute approximate surface area is 179 Å². The molecule has 0 bridgehead atoms. The van der Waals surface area contributed by atoms with Crippen LogP contribution in [0.15, 0.2) is 83.5 Å². The zero-order chi connectivity index (χ0) is 21.8. The molecule has 8 nitrogen and oxygen atoms in total. The minimum Gasteiger partial charge on any atom is -0.463 e. The van der Waals surface area contributed by atoms with Gasteiger partial charge in [0.15, 0.2) is 17.8 Å². The van der Waals surface area contributed by atoms with Crippen molar-refractivity contribution in [3.63, 3.8) is 0 Å².